The van der Waals surface area contributed by atoms with Gasteiger partial charge in [0.25, 0.3) is 5.91 Å². The largest absolute Gasteiger partial charge is 0.349 e. The van der Waals surface area contributed by atoms with Crippen LogP contribution in [0.3, 0.4) is 0 Å². The molecule has 2 unspecified atom stereocenters. The van der Waals surface area contributed by atoms with Crippen LogP contribution in [-0.2, 0) is 0 Å². The average molecular weight is 276 g/mol. The van der Waals surface area contributed by atoms with Gasteiger partial charge in [-0.05, 0) is 56.5 Å². The normalized spacial score (nSPS) is 27.0. The van der Waals surface area contributed by atoms with Crippen LogP contribution in [0.1, 0.15) is 36.0 Å². The van der Waals surface area contributed by atoms with E-state index in [1.54, 1.807) is 0 Å². The van der Waals surface area contributed by atoms with E-state index in [1.807, 2.05) is 24.3 Å². The van der Waals surface area contributed by atoms with Crippen molar-refractivity contribution >= 4 is 18.5 Å². The molecule has 0 radical (unpaired) electrons. The standard InChI is InChI=1S/C15H20N2OS/c18-15(11-3-5-14(19)6-4-11)16-12-7-9-17-8-1-2-13(17)10-12/h3-6,12-13,19H,1-2,7-10H2,(H,16,18). The monoisotopic (exact) mass is 276 g/mol. The Kier molecular flexibility index (Phi) is 3.80. The topological polar surface area (TPSA) is 32.3 Å². The second-order valence-electron chi connectivity index (χ2n) is 5.57. The van der Waals surface area contributed by atoms with Crippen LogP contribution < -0.4 is 5.32 Å². The Labute approximate surface area is 119 Å². The van der Waals surface area contributed by atoms with Crippen molar-refractivity contribution < 1.29 is 4.79 Å². The molecule has 0 spiro atoms. The Morgan fingerprint density at radius 2 is 2.00 bits per heavy atom. The Hall–Kier alpha value is -1.00. The van der Waals surface area contributed by atoms with Crippen molar-refractivity contribution in [3.63, 3.8) is 0 Å². The van der Waals surface area contributed by atoms with Crippen LogP contribution >= 0.6 is 12.6 Å². The molecule has 1 aromatic rings. The van der Waals surface area contributed by atoms with Crippen molar-refractivity contribution in [1.82, 2.24) is 10.2 Å². The van der Waals surface area contributed by atoms with Crippen molar-refractivity contribution in [3.05, 3.63) is 29.8 Å². The molecule has 3 nitrogen and oxygen atoms in total. The highest BCUT2D eigenvalue weighted by atomic mass is 32.1. The summed E-state index contributed by atoms with van der Waals surface area (Å²) in [6, 6.07) is 8.42. The maximum Gasteiger partial charge on any atom is 0.251 e. The minimum atomic E-state index is 0.0461. The summed E-state index contributed by atoms with van der Waals surface area (Å²) in [4.78, 5) is 15.6. The van der Waals surface area contributed by atoms with Crippen LogP contribution in [0.25, 0.3) is 0 Å². The Bertz CT molecular complexity index is 460. The lowest BCUT2D eigenvalue weighted by atomic mass is 9.97. The molecular formula is C15H20N2OS. The van der Waals surface area contributed by atoms with E-state index in [4.69, 9.17) is 0 Å². The first-order chi connectivity index (χ1) is 9.22. The van der Waals surface area contributed by atoms with Crippen LogP contribution in [0.5, 0.6) is 0 Å². The van der Waals surface area contributed by atoms with Crippen molar-refractivity contribution in [1.29, 1.82) is 0 Å². The fourth-order valence-corrected chi connectivity index (χ4v) is 3.39. The van der Waals surface area contributed by atoms with Crippen LogP contribution in [0, 0.1) is 0 Å². The smallest absolute Gasteiger partial charge is 0.251 e. The van der Waals surface area contributed by atoms with Crippen LogP contribution in [-0.4, -0.2) is 36.0 Å². The third-order valence-electron chi connectivity index (χ3n) is 4.29. The van der Waals surface area contributed by atoms with Gasteiger partial charge in [-0.15, -0.1) is 12.6 Å². The van der Waals surface area contributed by atoms with Gasteiger partial charge in [-0.2, -0.15) is 0 Å². The fourth-order valence-electron chi connectivity index (χ4n) is 3.24. The molecule has 0 bridgehead atoms. The number of hydrogen-bond donors (Lipinski definition) is 2. The van der Waals surface area contributed by atoms with E-state index < -0.39 is 0 Å². The molecule has 2 aliphatic heterocycles. The predicted octanol–water partition coefficient (Wildman–Crippen LogP) is 2.33. The lowest BCUT2D eigenvalue weighted by Crippen LogP contribution is -2.47. The predicted molar refractivity (Wildman–Crippen MR) is 78.8 cm³/mol. The molecular weight excluding hydrogens is 256 g/mol. The summed E-state index contributed by atoms with van der Waals surface area (Å²) in [6.45, 7) is 2.37. The molecule has 2 atom stereocenters. The SMILES string of the molecule is O=C(NC1CCN2CCCC2C1)c1ccc(S)cc1. The van der Waals surface area contributed by atoms with Gasteiger partial charge in [0.15, 0.2) is 0 Å². The van der Waals surface area contributed by atoms with Gasteiger partial charge in [-0.1, -0.05) is 0 Å². The van der Waals surface area contributed by atoms with Crippen LogP contribution in [0.15, 0.2) is 29.2 Å². The van der Waals surface area contributed by atoms with E-state index in [9.17, 15) is 4.79 Å². The fraction of sp³-hybridized carbons (Fsp3) is 0.533. The zero-order valence-corrected chi connectivity index (χ0v) is 11.9. The molecule has 0 aromatic heterocycles. The van der Waals surface area contributed by atoms with E-state index in [1.165, 1.54) is 19.4 Å². The van der Waals surface area contributed by atoms with Gasteiger partial charge in [-0.25, -0.2) is 0 Å². The van der Waals surface area contributed by atoms with Gasteiger partial charge in [0.2, 0.25) is 0 Å². The average Bonchev–Trinajstić information content (AvgIpc) is 2.87. The summed E-state index contributed by atoms with van der Waals surface area (Å²) < 4.78 is 0. The summed E-state index contributed by atoms with van der Waals surface area (Å²) in [6.07, 6.45) is 4.79. The summed E-state index contributed by atoms with van der Waals surface area (Å²) in [5.41, 5.74) is 0.728. The summed E-state index contributed by atoms with van der Waals surface area (Å²) in [5, 5.41) is 3.18. The van der Waals surface area contributed by atoms with Crippen LogP contribution in [0.4, 0.5) is 0 Å². The highest BCUT2D eigenvalue weighted by Gasteiger charge is 2.32. The van der Waals surface area contributed by atoms with Crippen LogP contribution in [0.2, 0.25) is 0 Å². The van der Waals surface area contributed by atoms with Gasteiger partial charge in [0.05, 0.1) is 0 Å². The molecule has 19 heavy (non-hydrogen) atoms. The van der Waals surface area contributed by atoms with E-state index in [0.717, 1.165) is 29.8 Å². The number of carbonyl (C=O) groups is 1. The molecule has 2 heterocycles. The van der Waals surface area contributed by atoms with Crippen molar-refractivity contribution in [3.8, 4) is 0 Å². The molecule has 102 valence electrons. The minimum absolute atomic E-state index is 0.0461. The molecule has 1 aromatic carbocycles. The first kappa shape index (κ1) is 13.0. The van der Waals surface area contributed by atoms with E-state index in [0.29, 0.717) is 12.1 Å². The van der Waals surface area contributed by atoms with Gasteiger partial charge in [-0.3, -0.25) is 4.79 Å². The summed E-state index contributed by atoms with van der Waals surface area (Å²) in [7, 11) is 0. The van der Waals surface area contributed by atoms with Crippen molar-refractivity contribution in [2.45, 2.75) is 42.7 Å². The van der Waals surface area contributed by atoms with E-state index >= 15 is 0 Å². The molecule has 1 N–H and O–H groups in total. The lowest BCUT2D eigenvalue weighted by molar-refractivity contribution is 0.0896. The van der Waals surface area contributed by atoms with E-state index in [-0.39, 0.29) is 5.91 Å². The first-order valence-corrected chi connectivity index (χ1v) is 7.51. The molecule has 1 amide bonds. The Morgan fingerprint density at radius 1 is 1.21 bits per heavy atom. The zero-order chi connectivity index (χ0) is 13.2. The van der Waals surface area contributed by atoms with Gasteiger partial charge < -0.3 is 10.2 Å². The number of nitrogens with one attached hydrogen (secondary N) is 1. The number of thiol groups is 1. The molecule has 3 rings (SSSR count). The number of benzene rings is 1. The molecule has 2 aliphatic rings. The maximum atomic E-state index is 12.2. The first-order valence-electron chi connectivity index (χ1n) is 7.06. The number of amides is 1. The molecule has 2 fully saturated rings. The highest BCUT2D eigenvalue weighted by molar-refractivity contribution is 7.80. The van der Waals surface area contributed by atoms with E-state index in [2.05, 4.69) is 22.8 Å². The highest BCUT2D eigenvalue weighted by Crippen LogP contribution is 2.26. The number of nitrogens with zero attached hydrogens (tertiary/aromatic N) is 1. The molecule has 4 heteroatoms. The second-order valence-corrected chi connectivity index (χ2v) is 6.09. The van der Waals surface area contributed by atoms with Crippen molar-refractivity contribution in [2.75, 3.05) is 13.1 Å². The molecule has 2 saturated heterocycles. The number of fused-ring (bicyclic) bond motifs is 1. The minimum Gasteiger partial charge on any atom is -0.349 e. The number of rotatable bonds is 2. The molecule has 0 saturated carbocycles. The Balaban J connectivity index is 1.59. The molecule has 0 aliphatic carbocycles. The summed E-state index contributed by atoms with van der Waals surface area (Å²) >= 11 is 4.23. The second kappa shape index (κ2) is 5.55. The number of piperidine rings is 1. The van der Waals surface area contributed by atoms with Gasteiger partial charge in [0, 0.05) is 29.1 Å². The maximum absolute atomic E-state index is 12.2. The van der Waals surface area contributed by atoms with Crippen molar-refractivity contribution in [2.24, 2.45) is 0 Å². The zero-order valence-electron chi connectivity index (χ0n) is 11.0. The lowest BCUT2D eigenvalue weighted by Gasteiger charge is -2.35. The third kappa shape index (κ3) is 2.95. The number of carbonyl (C=O) groups excluding carboxylic acids is 1. The van der Waals surface area contributed by atoms with Gasteiger partial charge in [0.1, 0.15) is 0 Å². The quantitative estimate of drug-likeness (QED) is 0.813. The Morgan fingerprint density at radius 3 is 2.79 bits per heavy atom. The number of hydrogen-bond acceptors (Lipinski definition) is 3. The van der Waals surface area contributed by atoms with Gasteiger partial charge >= 0.3 is 0 Å². The third-order valence-corrected chi connectivity index (χ3v) is 4.58. The summed E-state index contributed by atoms with van der Waals surface area (Å²) in [5.74, 6) is 0.0461.